The first-order valence-corrected chi connectivity index (χ1v) is 10.00. The molecule has 28 heavy (non-hydrogen) atoms. The van der Waals surface area contributed by atoms with Crippen LogP contribution in [0.1, 0.15) is 42.1 Å². The van der Waals surface area contributed by atoms with Crippen molar-refractivity contribution in [1.82, 2.24) is 10.9 Å². The Morgan fingerprint density at radius 2 is 1.75 bits per heavy atom. The Hall–Kier alpha value is -2.54. The van der Waals surface area contributed by atoms with Gasteiger partial charge in [0.2, 0.25) is 0 Å². The number of halogens is 1. The summed E-state index contributed by atoms with van der Waals surface area (Å²) in [4.78, 5) is 24.0. The normalized spacial score (nSPS) is 10.2. The molecule has 0 unspecified atom stereocenters. The number of unbranched alkanes of at least 4 members (excludes halogenated alkanes) is 2. The second kappa shape index (κ2) is 11.3. The molecular weight excluding hydrogens is 424 g/mol. The van der Waals surface area contributed by atoms with Gasteiger partial charge in [0.1, 0.15) is 11.5 Å². The third-order valence-electron chi connectivity index (χ3n) is 3.89. The number of rotatable bonds is 9. The predicted molar refractivity (Wildman–Crippen MR) is 111 cm³/mol. The monoisotopic (exact) mass is 448 g/mol. The van der Waals surface area contributed by atoms with E-state index in [-0.39, 0.29) is 6.61 Å². The fourth-order valence-corrected chi connectivity index (χ4v) is 2.95. The van der Waals surface area contributed by atoms with E-state index in [1.807, 2.05) is 19.1 Å². The Labute approximate surface area is 173 Å². The zero-order valence-electron chi connectivity index (χ0n) is 16.1. The van der Waals surface area contributed by atoms with Crippen LogP contribution in [0.25, 0.3) is 0 Å². The molecular formula is C21H25BrN2O4. The van der Waals surface area contributed by atoms with Gasteiger partial charge in [-0.05, 0) is 71.2 Å². The van der Waals surface area contributed by atoms with E-state index in [1.165, 1.54) is 0 Å². The Morgan fingerprint density at radius 3 is 2.43 bits per heavy atom. The molecule has 0 spiro atoms. The second-order valence-electron chi connectivity index (χ2n) is 6.30. The van der Waals surface area contributed by atoms with Crippen LogP contribution in [-0.2, 0) is 4.79 Å². The van der Waals surface area contributed by atoms with Gasteiger partial charge >= 0.3 is 0 Å². The molecule has 0 saturated carbocycles. The molecule has 2 aromatic rings. The first-order chi connectivity index (χ1) is 13.5. The van der Waals surface area contributed by atoms with Crippen molar-refractivity contribution in [1.29, 1.82) is 0 Å². The Morgan fingerprint density at radius 1 is 1.00 bits per heavy atom. The Kier molecular flexibility index (Phi) is 8.81. The van der Waals surface area contributed by atoms with Gasteiger partial charge in [-0.2, -0.15) is 0 Å². The lowest BCUT2D eigenvalue weighted by atomic mass is 10.2. The molecule has 0 aliphatic rings. The third-order valence-corrected chi connectivity index (χ3v) is 4.51. The summed E-state index contributed by atoms with van der Waals surface area (Å²) in [6.07, 6.45) is 3.28. The van der Waals surface area contributed by atoms with Crippen LogP contribution in [0.2, 0.25) is 0 Å². The lowest BCUT2D eigenvalue weighted by Crippen LogP contribution is -2.43. The molecule has 0 saturated heterocycles. The van der Waals surface area contributed by atoms with E-state index in [9.17, 15) is 9.59 Å². The SMILES string of the molecule is CCCCCOc1ccc(C(=O)NNC(=O)COc2ccc(C)cc2Br)cc1. The molecule has 150 valence electrons. The Bertz CT molecular complexity index is 793. The van der Waals surface area contributed by atoms with Gasteiger partial charge < -0.3 is 9.47 Å². The third kappa shape index (κ3) is 7.23. The van der Waals surface area contributed by atoms with Crippen molar-refractivity contribution < 1.29 is 19.1 Å². The average molecular weight is 449 g/mol. The number of carbonyl (C=O) groups is 2. The smallest absolute Gasteiger partial charge is 0.276 e. The van der Waals surface area contributed by atoms with E-state index in [2.05, 4.69) is 33.7 Å². The molecule has 6 nitrogen and oxygen atoms in total. The zero-order chi connectivity index (χ0) is 20.4. The molecule has 2 amide bonds. The maximum absolute atomic E-state index is 12.1. The first-order valence-electron chi connectivity index (χ1n) is 9.20. The summed E-state index contributed by atoms with van der Waals surface area (Å²) in [6.45, 7) is 4.54. The summed E-state index contributed by atoms with van der Waals surface area (Å²) in [5, 5.41) is 0. The van der Waals surface area contributed by atoms with Crippen molar-refractivity contribution in [2.45, 2.75) is 33.1 Å². The maximum atomic E-state index is 12.1. The first kappa shape index (κ1) is 21.8. The largest absolute Gasteiger partial charge is 0.494 e. The van der Waals surface area contributed by atoms with Crippen LogP contribution in [0.15, 0.2) is 46.9 Å². The van der Waals surface area contributed by atoms with E-state index in [1.54, 1.807) is 30.3 Å². The van der Waals surface area contributed by atoms with Crippen LogP contribution >= 0.6 is 15.9 Å². The van der Waals surface area contributed by atoms with Crippen molar-refractivity contribution in [3.05, 3.63) is 58.1 Å². The molecule has 0 atom stereocenters. The van der Waals surface area contributed by atoms with Crippen LogP contribution in [0.5, 0.6) is 11.5 Å². The number of nitrogens with one attached hydrogen (secondary N) is 2. The fraction of sp³-hybridized carbons (Fsp3) is 0.333. The fourth-order valence-electron chi connectivity index (χ4n) is 2.35. The molecule has 0 heterocycles. The highest BCUT2D eigenvalue weighted by Crippen LogP contribution is 2.25. The van der Waals surface area contributed by atoms with Gasteiger partial charge in [0.25, 0.3) is 11.8 Å². The number of carbonyl (C=O) groups excluding carboxylic acids is 2. The van der Waals surface area contributed by atoms with E-state index in [0.717, 1.165) is 29.3 Å². The number of benzene rings is 2. The van der Waals surface area contributed by atoms with Gasteiger partial charge in [0.15, 0.2) is 6.61 Å². The van der Waals surface area contributed by atoms with Crippen LogP contribution in [-0.4, -0.2) is 25.0 Å². The zero-order valence-corrected chi connectivity index (χ0v) is 17.7. The number of aryl methyl sites for hydroxylation is 1. The quantitative estimate of drug-likeness (QED) is 0.445. The van der Waals surface area contributed by atoms with Gasteiger partial charge in [-0.3, -0.25) is 20.4 Å². The molecule has 0 bridgehead atoms. The number of hydrogen-bond donors (Lipinski definition) is 2. The van der Waals surface area contributed by atoms with Crippen LogP contribution in [0.4, 0.5) is 0 Å². The van der Waals surface area contributed by atoms with Crippen molar-refractivity contribution in [2.24, 2.45) is 0 Å². The van der Waals surface area contributed by atoms with E-state index in [4.69, 9.17) is 9.47 Å². The number of hydrogen-bond acceptors (Lipinski definition) is 4. The predicted octanol–water partition coefficient (Wildman–Crippen LogP) is 4.17. The highest BCUT2D eigenvalue weighted by Gasteiger charge is 2.09. The summed E-state index contributed by atoms with van der Waals surface area (Å²) in [5.74, 6) is 0.398. The Balaban J connectivity index is 1.74. The molecule has 0 aliphatic heterocycles. The van der Waals surface area contributed by atoms with Crippen molar-refractivity contribution in [3.8, 4) is 11.5 Å². The van der Waals surface area contributed by atoms with Gasteiger partial charge in [0.05, 0.1) is 11.1 Å². The summed E-state index contributed by atoms with van der Waals surface area (Å²) >= 11 is 3.38. The van der Waals surface area contributed by atoms with Crippen molar-refractivity contribution >= 4 is 27.7 Å². The van der Waals surface area contributed by atoms with Crippen molar-refractivity contribution in [3.63, 3.8) is 0 Å². The highest BCUT2D eigenvalue weighted by molar-refractivity contribution is 9.10. The lowest BCUT2D eigenvalue weighted by molar-refractivity contribution is -0.123. The number of hydrazine groups is 1. The average Bonchev–Trinajstić information content (AvgIpc) is 2.69. The second-order valence-corrected chi connectivity index (χ2v) is 7.16. The minimum atomic E-state index is -0.461. The molecule has 0 aliphatic carbocycles. The number of amides is 2. The molecule has 2 aromatic carbocycles. The van der Waals surface area contributed by atoms with Gasteiger partial charge in [-0.1, -0.05) is 25.8 Å². The molecule has 7 heteroatoms. The standard InChI is InChI=1S/C21H25BrN2O4/c1-3-4-5-12-27-17-9-7-16(8-10-17)21(26)24-23-20(25)14-28-19-11-6-15(2)13-18(19)22/h6-11,13H,3-5,12,14H2,1-2H3,(H,23,25)(H,24,26). The van der Waals surface area contributed by atoms with E-state index < -0.39 is 11.8 Å². The molecule has 0 aromatic heterocycles. The number of ether oxygens (including phenoxy) is 2. The van der Waals surface area contributed by atoms with Crippen LogP contribution in [0.3, 0.4) is 0 Å². The van der Waals surface area contributed by atoms with Gasteiger partial charge in [-0.25, -0.2) is 0 Å². The van der Waals surface area contributed by atoms with Gasteiger partial charge in [0, 0.05) is 5.56 Å². The molecule has 2 rings (SSSR count). The van der Waals surface area contributed by atoms with Crippen LogP contribution < -0.4 is 20.3 Å². The summed E-state index contributed by atoms with van der Waals surface area (Å²) in [5.41, 5.74) is 6.20. The van der Waals surface area contributed by atoms with E-state index in [0.29, 0.717) is 23.7 Å². The molecule has 2 N–H and O–H groups in total. The van der Waals surface area contributed by atoms with Crippen molar-refractivity contribution in [2.75, 3.05) is 13.2 Å². The minimum Gasteiger partial charge on any atom is -0.494 e. The summed E-state index contributed by atoms with van der Waals surface area (Å²) in [6, 6.07) is 12.3. The lowest BCUT2D eigenvalue weighted by Gasteiger charge is -2.11. The topological polar surface area (TPSA) is 76.7 Å². The maximum Gasteiger partial charge on any atom is 0.276 e. The van der Waals surface area contributed by atoms with E-state index >= 15 is 0 Å². The summed E-state index contributed by atoms with van der Waals surface area (Å²) in [7, 11) is 0. The highest BCUT2D eigenvalue weighted by atomic mass is 79.9. The summed E-state index contributed by atoms with van der Waals surface area (Å²) < 4.78 is 11.8. The van der Waals surface area contributed by atoms with Gasteiger partial charge in [-0.15, -0.1) is 0 Å². The molecule has 0 radical (unpaired) electrons. The minimum absolute atomic E-state index is 0.216. The van der Waals surface area contributed by atoms with Crippen LogP contribution in [0, 0.1) is 6.92 Å². The molecule has 0 fully saturated rings.